The number of methoxy groups -OCH3 is 1. The van der Waals surface area contributed by atoms with Gasteiger partial charge in [0.15, 0.2) is 0 Å². The lowest BCUT2D eigenvalue weighted by molar-refractivity contribution is 0.0184. The van der Waals surface area contributed by atoms with E-state index in [9.17, 15) is 4.79 Å². The van der Waals surface area contributed by atoms with Gasteiger partial charge in [0.25, 0.3) is 0 Å². The fourth-order valence-corrected chi connectivity index (χ4v) is 3.39. The molecule has 0 aliphatic carbocycles. The van der Waals surface area contributed by atoms with E-state index < -0.39 is 0 Å². The molecule has 1 aromatic heterocycles. The molecule has 2 heterocycles. The Kier molecular flexibility index (Phi) is 5.34. The third-order valence-electron chi connectivity index (χ3n) is 4.72. The fourth-order valence-electron chi connectivity index (χ4n) is 3.39. The number of carbonyl (C=O) groups is 1. The van der Waals surface area contributed by atoms with E-state index in [1.54, 1.807) is 7.11 Å². The summed E-state index contributed by atoms with van der Waals surface area (Å²) in [5, 5.41) is 10.3. The predicted octanol–water partition coefficient (Wildman–Crippen LogP) is 2.93. The lowest BCUT2D eigenvalue weighted by Crippen LogP contribution is -2.46. The SMILES string of the molecule is CO[C@H](CNC(=O)N1CCC[C@@H]1c1c(C)n[nH]c1C)C(C)(C)C. The van der Waals surface area contributed by atoms with Crippen molar-refractivity contribution < 1.29 is 9.53 Å². The minimum absolute atomic E-state index is 0.00935. The standard InChI is InChI=1S/C17H30N4O2/c1-11-15(12(2)20-19-11)13-8-7-9-21(13)16(22)18-10-14(23-6)17(3,4)5/h13-14H,7-10H2,1-6H3,(H,18,22)(H,19,20)/t13-,14-/m1/s1. The highest BCUT2D eigenvalue weighted by molar-refractivity contribution is 5.75. The van der Waals surface area contributed by atoms with Crippen molar-refractivity contribution in [3.05, 3.63) is 17.0 Å². The van der Waals surface area contributed by atoms with Crippen molar-refractivity contribution >= 4 is 6.03 Å². The van der Waals surface area contributed by atoms with Gasteiger partial charge in [0.05, 0.1) is 17.8 Å². The smallest absolute Gasteiger partial charge is 0.318 e. The molecule has 0 radical (unpaired) electrons. The number of nitrogens with one attached hydrogen (secondary N) is 2. The molecule has 1 saturated heterocycles. The van der Waals surface area contributed by atoms with E-state index in [0.29, 0.717) is 6.54 Å². The number of ether oxygens (including phenoxy) is 1. The van der Waals surface area contributed by atoms with Gasteiger partial charge in [-0.2, -0.15) is 5.10 Å². The molecule has 0 unspecified atom stereocenters. The minimum Gasteiger partial charge on any atom is -0.379 e. The van der Waals surface area contributed by atoms with Crippen LogP contribution in [0.1, 0.15) is 56.6 Å². The first kappa shape index (κ1) is 17.8. The first-order chi connectivity index (χ1) is 10.8. The topological polar surface area (TPSA) is 70.2 Å². The summed E-state index contributed by atoms with van der Waals surface area (Å²) in [5.74, 6) is 0. The number of aromatic amines is 1. The molecule has 0 bridgehead atoms. The third-order valence-corrected chi connectivity index (χ3v) is 4.72. The van der Waals surface area contributed by atoms with Crippen LogP contribution >= 0.6 is 0 Å². The maximum absolute atomic E-state index is 12.6. The van der Waals surface area contributed by atoms with Gasteiger partial charge >= 0.3 is 6.03 Å². The molecule has 2 amide bonds. The summed E-state index contributed by atoms with van der Waals surface area (Å²) >= 11 is 0. The second-order valence-electron chi connectivity index (χ2n) is 7.48. The summed E-state index contributed by atoms with van der Waals surface area (Å²) in [6, 6.07) is 0.100. The van der Waals surface area contributed by atoms with Gasteiger partial charge in [-0.15, -0.1) is 0 Å². The zero-order chi connectivity index (χ0) is 17.2. The number of hydrogen-bond acceptors (Lipinski definition) is 3. The monoisotopic (exact) mass is 322 g/mol. The first-order valence-electron chi connectivity index (χ1n) is 8.34. The summed E-state index contributed by atoms with van der Waals surface area (Å²) in [4.78, 5) is 14.6. The number of carbonyl (C=O) groups excluding carboxylic acids is 1. The van der Waals surface area contributed by atoms with Gasteiger partial charge in [-0.1, -0.05) is 20.8 Å². The molecule has 2 N–H and O–H groups in total. The largest absolute Gasteiger partial charge is 0.379 e. The Morgan fingerprint density at radius 3 is 2.70 bits per heavy atom. The van der Waals surface area contributed by atoms with Crippen LogP contribution < -0.4 is 5.32 Å². The Balaban J connectivity index is 2.04. The molecule has 1 fully saturated rings. The van der Waals surface area contributed by atoms with Crippen LogP contribution in [0.5, 0.6) is 0 Å². The van der Waals surface area contributed by atoms with E-state index in [-0.39, 0.29) is 23.6 Å². The van der Waals surface area contributed by atoms with Gasteiger partial charge < -0.3 is 15.0 Å². The lowest BCUT2D eigenvalue weighted by atomic mass is 9.89. The number of aromatic nitrogens is 2. The summed E-state index contributed by atoms with van der Waals surface area (Å²) in [6.45, 7) is 11.7. The number of H-pyrrole nitrogens is 1. The zero-order valence-electron chi connectivity index (χ0n) is 15.2. The Labute approximate surface area is 139 Å². The van der Waals surface area contributed by atoms with Crippen molar-refractivity contribution in [3.63, 3.8) is 0 Å². The predicted molar refractivity (Wildman–Crippen MR) is 90.4 cm³/mol. The third kappa shape index (κ3) is 3.86. The molecule has 2 rings (SSSR count). The van der Waals surface area contributed by atoms with Crippen LogP contribution in [-0.4, -0.2) is 47.4 Å². The molecule has 2 atom stereocenters. The van der Waals surface area contributed by atoms with Crippen molar-refractivity contribution in [2.24, 2.45) is 5.41 Å². The molecular formula is C17H30N4O2. The Hall–Kier alpha value is -1.56. The van der Waals surface area contributed by atoms with Crippen LogP contribution in [0.25, 0.3) is 0 Å². The minimum atomic E-state index is -0.0150. The van der Waals surface area contributed by atoms with E-state index in [1.807, 2.05) is 18.7 Å². The molecule has 1 aliphatic heterocycles. The van der Waals surface area contributed by atoms with E-state index in [1.165, 1.54) is 0 Å². The normalized spacial score (nSPS) is 19.9. The van der Waals surface area contributed by atoms with E-state index in [4.69, 9.17) is 4.74 Å². The van der Waals surface area contributed by atoms with Crippen molar-refractivity contribution in [2.45, 2.75) is 59.6 Å². The van der Waals surface area contributed by atoms with Crippen molar-refractivity contribution in [1.82, 2.24) is 20.4 Å². The highest BCUT2D eigenvalue weighted by Crippen LogP contribution is 2.34. The molecule has 0 spiro atoms. The maximum Gasteiger partial charge on any atom is 0.318 e. The highest BCUT2D eigenvalue weighted by atomic mass is 16.5. The molecular weight excluding hydrogens is 292 g/mol. The first-order valence-corrected chi connectivity index (χ1v) is 8.34. The zero-order valence-corrected chi connectivity index (χ0v) is 15.2. The van der Waals surface area contributed by atoms with E-state index in [0.717, 1.165) is 36.3 Å². The summed E-state index contributed by atoms with van der Waals surface area (Å²) in [5.41, 5.74) is 3.19. The second kappa shape index (κ2) is 6.91. The van der Waals surface area contributed by atoms with E-state index in [2.05, 4.69) is 36.3 Å². The number of rotatable bonds is 4. The Bertz CT molecular complexity index is 528. The molecule has 6 heteroatoms. The summed E-state index contributed by atoms with van der Waals surface area (Å²) < 4.78 is 5.52. The van der Waals surface area contributed by atoms with Gasteiger partial charge in [-0.3, -0.25) is 5.10 Å². The number of urea groups is 1. The van der Waals surface area contributed by atoms with Gasteiger partial charge in [0.1, 0.15) is 0 Å². The maximum atomic E-state index is 12.6. The van der Waals surface area contributed by atoms with Crippen LogP contribution in [0, 0.1) is 19.3 Å². The van der Waals surface area contributed by atoms with Crippen molar-refractivity contribution in [1.29, 1.82) is 0 Å². The van der Waals surface area contributed by atoms with Crippen LogP contribution in [0.2, 0.25) is 0 Å². The van der Waals surface area contributed by atoms with E-state index >= 15 is 0 Å². The number of hydrogen-bond donors (Lipinski definition) is 2. The lowest BCUT2D eigenvalue weighted by Gasteiger charge is -2.31. The molecule has 0 saturated carbocycles. The van der Waals surface area contributed by atoms with Crippen LogP contribution in [0.3, 0.4) is 0 Å². The molecule has 23 heavy (non-hydrogen) atoms. The average molecular weight is 322 g/mol. The molecule has 6 nitrogen and oxygen atoms in total. The Morgan fingerprint density at radius 2 is 2.17 bits per heavy atom. The average Bonchev–Trinajstić information content (AvgIpc) is 3.04. The van der Waals surface area contributed by atoms with Crippen LogP contribution in [0.15, 0.2) is 0 Å². The summed E-state index contributed by atoms with van der Waals surface area (Å²) in [7, 11) is 1.69. The van der Waals surface area contributed by atoms with Gasteiger partial charge in [0.2, 0.25) is 0 Å². The van der Waals surface area contributed by atoms with Crippen LogP contribution in [0.4, 0.5) is 4.79 Å². The van der Waals surface area contributed by atoms with Gasteiger partial charge in [0, 0.05) is 31.5 Å². The number of nitrogens with zero attached hydrogens (tertiary/aromatic N) is 2. The Morgan fingerprint density at radius 1 is 1.48 bits per heavy atom. The number of likely N-dealkylation sites (tertiary alicyclic amines) is 1. The highest BCUT2D eigenvalue weighted by Gasteiger charge is 2.33. The molecule has 0 aromatic carbocycles. The number of amides is 2. The van der Waals surface area contributed by atoms with Crippen molar-refractivity contribution in [3.8, 4) is 0 Å². The van der Waals surface area contributed by atoms with Gasteiger partial charge in [-0.25, -0.2) is 4.79 Å². The molecule has 1 aromatic rings. The van der Waals surface area contributed by atoms with Crippen LogP contribution in [-0.2, 0) is 4.74 Å². The van der Waals surface area contributed by atoms with Crippen molar-refractivity contribution in [2.75, 3.05) is 20.2 Å². The molecule has 1 aliphatic rings. The number of aryl methyl sites for hydroxylation is 2. The summed E-state index contributed by atoms with van der Waals surface area (Å²) in [6.07, 6.45) is 2.00. The van der Waals surface area contributed by atoms with Gasteiger partial charge in [-0.05, 0) is 32.1 Å². The quantitative estimate of drug-likeness (QED) is 0.895. The fraction of sp³-hybridized carbons (Fsp3) is 0.765. The molecule has 130 valence electrons. The second-order valence-corrected chi connectivity index (χ2v) is 7.48.